The van der Waals surface area contributed by atoms with E-state index in [0.717, 1.165) is 23.1 Å². The second kappa shape index (κ2) is 7.02. The van der Waals surface area contributed by atoms with Crippen molar-refractivity contribution in [1.29, 1.82) is 5.26 Å². The summed E-state index contributed by atoms with van der Waals surface area (Å²) in [5.74, 6) is 0.135. The second-order valence-corrected chi connectivity index (χ2v) is 4.98. The number of halogens is 1. The van der Waals surface area contributed by atoms with E-state index in [-0.39, 0.29) is 5.91 Å². The summed E-state index contributed by atoms with van der Waals surface area (Å²) in [4.78, 5) is 13.0. The summed E-state index contributed by atoms with van der Waals surface area (Å²) < 4.78 is 0.862. The molecule has 4 nitrogen and oxygen atoms in total. The van der Waals surface area contributed by atoms with Gasteiger partial charge in [-0.25, -0.2) is 0 Å². The zero-order valence-electron chi connectivity index (χ0n) is 10.5. The van der Waals surface area contributed by atoms with Crippen molar-refractivity contribution in [3.8, 4) is 6.07 Å². The van der Waals surface area contributed by atoms with Crippen LogP contribution in [0.3, 0.4) is 0 Å². The molecule has 1 aromatic rings. The van der Waals surface area contributed by atoms with Gasteiger partial charge < -0.3 is 10.2 Å². The quantitative estimate of drug-likeness (QED) is 0.851. The molecular weight excluding hydrogens is 294 g/mol. The minimum atomic E-state index is 0.135. The molecule has 0 saturated heterocycles. The number of anilines is 1. The van der Waals surface area contributed by atoms with Crippen LogP contribution in [0.2, 0.25) is 0 Å². The topological polar surface area (TPSA) is 56.1 Å². The molecule has 0 bridgehead atoms. The summed E-state index contributed by atoms with van der Waals surface area (Å²) in [5, 5.41) is 12.0. The van der Waals surface area contributed by atoms with Gasteiger partial charge in [0.1, 0.15) is 0 Å². The third-order valence-corrected chi connectivity index (χ3v) is 3.14. The van der Waals surface area contributed by atoms with Gasteiger partial charge in [0, 0.05) is 37.2 Å². The number of nitrogens with one attached hydrogen (secondary N) is 1. The van der Waals surface area contributed by atoms with Crippen LogP contribution in [0.25, 0.3) is 0 Å². The minimum Gasteiger partial charge on any atom is -0.384 e. The molecule has 0 radical (unpaired) electrons. The van der Waals surface area contributed by atoms with Crippen LogP contribution in [0, 0.1) is 11.3 Å². The van der Waals surface area contributed by atoms with Crippen LogP contribution in [0.15, 0.2) is 22.7 Å². The highest BCUT2D eigenvalue weighted by Gasteiger charge is 2.04. The van der Waals surface area contributed by atoms with Crippen molar-refractivity contribution in [3.63, 3.8) is 0 Å². The lowest BCUT2D eigenvalue weighted by atomic mass is 10.2. The van der Waals surface area contributed by atoms with E-state index in [1.807, 2.05) is 6.07 Å². The molecule has 96 valence electrons. The van der Waals surface area contributed by atoms with Gasteiger partial charge >= 0.3 is 0 Å². The predicted molar refractivity (Wildman–Crippen MR) is 75.3 cm³/mol. The molecule has 1 aromatic carbocycles. The van der Waals surface area contributed by atoms with Gasteiger partial charge in [0.25, 0.3) is 0 Å². The highest BCUT2D eigenvalue weighted by Crippen LogP contribution is 2.23. The number of hydrogen-bond donors (Lipinski definition) is 1. The summed E-state index contributed by atoms with van der Waals surface area (Å²) in [6, 6.07) is 7.47. The molecule has 1 N–H and O–H groups in total. The zero-order valence-corrected chi connectivity index (χ0v) is 12.1. The molecule has 5 heteroatoms. The molecule has 0 fully saturated rings. The lowest BCUT2D eigenvalue weighted by Crippen LogP contribution is -2.22. The van der Waals surface area contributed by atoms with Gasteiger partial charge in [-0.2, -0.15) is 5.26 Å². The SMILES string of the molecule is CN(C)C(=O)CCCNc1ccc(C#N)cc1Br. The van der Waals surface area contributed by atoms with E-state index in [2.05, 4.69) is 27.3 Å². The molecule has 1 rings (SSSR count). The Morgan fingerprint density at radius 2 is 2.22 bits per heavy atom. The van der Waals surface area contributed by atoms with E-state index in [1.54, 1.807) is 31.1 Å². The number of amides is 1. The Bertz CT molecular complexity index is 466. The van der Waals surface area contributed by atoms with Gasteiger partial charge in [0.15, 0.2) is 0 Å². The monoisotopic (exact) mass is 309 g/mol. The van der Waals surface area contributed by atoms with Crippen LogP contribution >= 0.6 is 15.9 Å². The van der Waals surface area contributed by atoms with E-state index >= 15 is 0 Å². The van der Waals surface area contributed by atoms with Gasteiger partial charge in [0.05, 0.1) is 11.6 Å². The first kappa shape index (κ1) is 14.5. The number of benzene rings is 1. The largest absolute Gasteiger partial charge is 0.384 e. The Morgan fingerprint density at radius 1 is 1.50 bits per heavy atom. The number of rotatable bonds is 5. The van der Waals surface area contributed by atoms with Crippen molar-refractivity contribution in [2.75, 3.05) is 26.0 Å². The van der Waals surface area contributed by atoms with Gasteiger partial charge in [-0.3, -0.25) is 4.79 Å². The molecule has 0 aliphatic rings. The van der Waals surface area contributed by atoms with E-state index in [1.165, 1.54) is 0 Å². The van der Waals surface area contributed by atoms with Crippen molar-refractivity contribution in [2.24, 2.45) is 0 Å². The Hall–Kier alpha value is -1.54. The third-order valence-electron chi connectivity index (χ3n) is 2.48. The second-order valence-electron chi connectivity index (χ2n) is 4.12. The van der Waals surface area contributed by atoms with Crippen LogP contribution in [-0.4, -0.2) is 31.4 Å². The van der Waals surface area contributed by atoms with Gasteiger partial charge in [-0.1, -0.05) is 0 Å². The van der Waals surface area contributed by atoms with Crippen molar-refractivity contribution in [2.45, 2.75) is 12.8 Å². The Balaban J connectivity index is 2.41. The molecule has 0 saturated carbocycles. The number of nitriles is 1. The van der Waals surface area contributed by atoms with E-state index < -0.39 is 0 Å². The van der Waals surface area contributed by atoms with Crippen molar-refractivity contribution < 1.29 is 4.79 Å². The molecule has 0 aliphatic heterocycles. The standard InChI is InChI=1S/C13H16BrN3O/c1-17(2)13(18)4-3-7-16-12-6-5-10(9-15)8-11(12)14/h5-6,8,16H,3-4,7H2,1-2H3. The smallest absolute Gasteiger partial charge is 0.222 e. The molecule has 0 aromatic heterocycles. The first-order valence-corrected chi connectivity index (χ1v) is 6.47. The van der Waals surface area contributed by atoms with Crippen LogP contribution in [0.1, 0.15) is 18.4 Å². The molecule has 18 heavy (non-hydrogen) atoms. The summed E-state index contributed by atoms with van der Waals surface area (Å²) in [7, 11) is 3.51. The normalized spacial score (nSPS) is 9.67. The molecule has 0 heterocycles. The number of carbonyl (C=O) groups is 1. The summed E-state index contributed by atoms with van der Waals surface area (Å²) in [6.45, 7) is 0.726. The first-order valence-electron chi connectivity index (χ1n) is 5.68. The van der Waals surface area contributed by atoms with Crippen molar-refractivity contribution >= 4 is 27.5 Å². The maximum atomic E-state index is 11.4. The van der Waals surface area contributed by atoms with Crippen LogP contribution in [0.4, 0.5) is 5.69 Å². The molecule has 0 atom stereocenters. The Labute approximate surface area is 116 Å². The molecule has 1 amide bonds. The van der Waals surface area contributed by atoms with E-state index in [4.69, 9.17) is 5.26 Å². The van der Waals surface area contributed by atoms with Gasteiger partial charge in [0.2, 0.25) is 5.91 Å². The van der Waals surface area contributed by atoms with Gasteiger partial charge in [-0.05, 0) is 40.5 Å². The fourth-order valence-electron chi connectivity index (χ4n) is 1.41. The first-order chi connectivity index (χ1) is 8.54. The number of carbonyl (C=O) groups excluding carboxylic acids is 1. The zero-order chi connectivity index (χ0) is 13.5. The average molecular weight is 310 g/mol. The lowest BCUT2D eigenvalue weighted by molar-refractivity contribution is -0.128. The van der Waals surface area contributed by atoms with E-state index in [0.29, 0.717) is 12.0 Å². The Kier molecular flexibility index (Phi) is 5.66. The van der Waals surface area contributed by atoms with Crippen LogP contribution in [0.5, 0.6) is 0 Å². The van der Waals surface area contributed by atoms with Crippen molar-refractivity contribution in [1.82, 2.24) is 4.90 Å². The number of hydrogen-bond acceptors (Lipinski definition) is 3. The number of nitrogens with zero attached hydrogens (tertiary/aromatic N) is 2. The summed E-state index contributed by atoms with van der Waals surface area (Å²) in [5.41, 5.74) is 1.56. The van der Waals surface area contributed by atoms with Crippen molar-refractivity contribution in [3.05, 3.63) is 28.2 Å². The summed E-state index contributed by atoms with van der Waals surface area (Å²) in [6.07, 6.45) is 1.32. The molecule has 0 aliphatic carbocycles. The lowest BCUT2D eigenvalue weighted by Gasteiger charge is -2.11. The molecular formula is C13H16BrN3O. The average Bonchev–Trinajstić information content (AvgIpc) is 2.35. The molecule has 0 spiro atoms. The van der Waals surface area contributed by atoms with Crippen LogP contribution in [-0.2, 0) is 4.79 Å². The Morgan fingerprint density at radius 3 is 2.78 bits per heavy atom. The maximum Gasteiger partial charge on any atom is 0.222 e. The van der Waals surface area contributed by atoms with Gasteiger partial charge in [-0.15, -0.1) is 0 Å². The summed E-state index contributed by atoms with van der Waals surface area (Å²) >= 11 is 3.40. The minimum absolute atomic E-state index is 0.135. The van der Waals surface area contributed by atoms with Crippen LogP contribution < -0.4 is 5.32 Å². The van der Waals surface area contributed by atoms with E-state index in [9.17, 15) is 4.79 Å². The maximum absolute atomic E-state index is 11.4. The highest BCUT2D eigenvalue weighted by atomic mass is 79.9. The predicted octanol–water partition coefficient (Wildman–Crippen LogP) is 2.60. The highest BCUT2D eigenvalue weighted by molar-refractivity contribution is 9.10. The fraction of sp³-hybridized carbons (Fsp3) is 0.385. The fourth-order valence-corrected chi connectivity index (χ4v) is 1.93. The third kappa shape index (κ3) is 4.38. The molecule has 0 unspecified atom stereocenters.